The lowest BCUT2D eigenvalue weighted by atomic mass is 10.2. The summed E-state index contributed by atoms with van der Waals surface area (Å²) in [7, 11) is -3.74. The van der Waals surface area contributed by atoms with Crippen molar-refractivity contribution in [3.63, 3.8) is 0 Å². The predicted octanol–water partition coefficient (Wildman–Crippen LogP) is 2.07. The number of hydrogen-bond donors (Lipinski definition) is 1. The van der Waals surface area contributed by atoms with Crippen molar-refractivity contribution < 1.29 is 22.3 Å². The van der Waals surface area contributed by atoms with Crippen molar-refractivity contribution in [1.29, 1.82) is 0 Å². The Labute approximate surface area is 124 Å². The number of sulfonamides is 1. The Morgan fingerprint density at radius 2 is 2.24 bits per heavy atom. The van der Waals surface area contributed by atoms with Gasteiger partial charge in [0, 0.05) is 13.2 Å². The first-order chi connectivity index (χ1) is 9.88. The molecule has 1 saturated heterocycles. The van der Waals surface area contributed by atoms with Crippen LogP contribution in [-0.2, 0) is 14.8 Å². The van der Waals surface area contributed by atoms with Crippen LogP contribution < -0.4 is 9.46 Å². The highest BCUT2D eigenvalue weighted by atomic mass is 32.2. The molecule has 21 heavy (non-hydrogen) atoms. The van der Waals surface area contributed by atoms with Gasteiger partial charge in [-0.2, -0.15) is 0 Å². The lowest BCUT2D eigenvalue weighted by Gasteiger charge is -2.13. The number of ether oxygens (including phenoxy) is 2. The molecule has 1 N–H and O–H groups in total. The molecule has 1 fully saturated rings. The average molecular weight is 317 g/mol. The topological polar surface area (TPSA) is 64.6 Å². The largest absolute Gasteiger partial charge is 0.488 e. The van der Waals surface area contributed by atoms with E-state index in [2.05, 4.69) is 4.72 Å². The molecule has 1 aromatic rings. The molecule has 0 aromatic heterocycles. The van der Waals surface area contributed by atoms with Gasteiger partial charge in [0.1, 0.15) is 0 Å². The normalized spacial score (nSPS) is 19.1. The molecule has 7 heteroatoms. The van der Waals surface area contributed by atoms with E-state index in [9.17, 15) is 12.8 Å². The summed E-state index contributed by atoms with van der Waals surface area (Å²) in [5.74, 6) is -0.647. The van der Waals surface area contributed by atoms with Crippen LogP contribution in [-0.4, -0.2) is 33.8 Å². The first-order valence-electron chi connectivity index (χ1n) is 6.96. The van der Waals surface area contributed by atoms with E-state index in [1.165, 1.54) is 12.1 Å². The van der Waals surface area contributed by atoms with Crippen LogP contribution in [0.15, 0.2) is 23.1 Å². The molecular formula is C14H20FNO4S. The van der Waals surface area contributed by atoms with Crippen LogP contribution in [0.4, 0.5) is 4.39 Å². The van der Waals surface area contributed by atoms with Gasteiger partial charge in [-0.1, -0.05) is 0 Å². The molecule has 1 atom stereocenters. The molecule has 5 nitrogen and oxygen atoms in total. The molecule has 0 saturated carbocycles. The molecule has 118 valence electrons. The van der Waals surface area contributed by atoms with Gasteiger partial charge in [0.15, 0.2) is 11.6 Å². The first-order valence-corrected chi connectivity index (χ1v) is 8.44. The van der Waals surface area contributed by atoms with Crippen LogP contribution in [0.2, 0.25) is 0 Å². The standard InChI is InChI=1S/C14H20FNO4S/c1-10(2)20-14-6-5-12(8-13(14)15)21(17,18)16-9-11-4-3-7-19-11/h5-6,8,10-11,16H,3-4,7,9H2,1-2H3. The second-order valence-corrected chi connectivity index (χ2v) is 7.01. The van der Waals surface area contributed by atoms with Gasteiger partial charge in [-0.05, 0) is 44.9 Å². The smallest absolute Gasteiger partial charge is 0.240 e. The molecule has 0 aliphatic carbocycles. The van der Waals surface area contributed by atoms with Crippen molar-refractivity contribution in [3.8, 4) is 5.75 Å². The molecule has 2 rings (SSSR count). The Balaban J connectivity index is 2.06. The third-order valence-electron chi connectivity index (χ3n) is 3.10. The summed E-state index contributed by atoms with van der Waals surface area (Å²) in [6.45, 7) is 4.40. The third-order valence-corrected chi connectivity index (χ3v) is 4.52. The molecule has 0 amide bonds. The minimum atomic E-state index is -3.74. The summed E-state index contributed by atoms with van der Waals surface area (Å²) in [5.41, 5.74) is 0. The van der Waals surface area contributed by atoms with Crippen LogP contribution in [0.1, 0.15) is 26.7 Å². The molecule has 1 unspecified atom stereocenters. The van der Waals surface area contributed by atoms with Crippen LogP contribution in [0.25, 0.3) is 0 Å². The van der Waals surface area contributed by atoms with E-state index in [1.54, 1.807) is 13.8 Å². The van der Waals surface area contributed by atoms with Crippen molar-refractivity contribution in [1.82, 2.24) is 4.72 Å². The predicted molar refractivity (Wildman–Crippen MR) is 76.3 cm³/mol. The Morgan fingerprint density at radius 1 is 1.48 bits per heavy atom. The molecule has 1 aliphatic heterocycles. The monoisotopic (exact) mass is 317 g/mol. The fourth-order valence-corrected chi connectivity index (χ4v) is 3.17. The summed E-state index contributed by atoms with van der Waals surface area (Å²) in [6.07, 6.45) is 1.48. The van der Waals surface area contributed by atoms with Gasteiger partial charge >= 0.3 is 0 Å². The van der Waals surface area contributed by atoms with Crippen LogP contribution in [0, 0.1) is 5.82 Å². The lowest BCUT2D eigenvalue weighted by molar-refractivity contribution is 0.114. The van der Waals surface area contributed by atoms with Crippen molar-refractivity contribution in [2.75, 3.05) is 13.2 Å². The summed E-state index contributed by atoms with van der Waals surface area (Å²) >= 11 is 0. The molecule has 1 aliphatic rings. The zero-order valence-electron chi connectivity index (χ0n) is 12.1. The van der Waals surface area contributed by atoms with E-state index < -0.39 is 15.8 Å². The fraction of sp³-hybridized carbons (Fsp3) is 0.571. The van der Waals surface area contributed by atoms with Crippen LogP contribution in [0.5, 0.6) is 5.75 Å². The van der Waals surface area contributed by atoms with Crippen molar-refractivity contribution >= 4 is 10.0 Å². The number of nitrogens with one attached hydrogen (secondary N) is 1. The number of benzene rings is 1. The Morgan fingerprint density at radius 3 is 2.81 bits per heavy atom. The van der Waals surface area contributed by atoms with Crippen LogP contribution >= 0.6 is 0 Å². The maximum absolute atomic E-state index is 13.8. The average Bonchev–Trinajstić information content (AvgIpc) is 2.91. The number of halogens is 1. The maximum atomic E-state index is 13.8. The molecule has 0 radical (unpaired) electrons. The highest BCUT2D eigenvalue weighted by molar-refractivity contribution is 7.89. The molecular weight excluding hydrogens is 297 g/mol. The molecule has 1 aromatic carbocycles. The van der Waals surface area contributed by atoms with Crippen molar-refractivity contribution in [2.45, 2.75) is 43.8 Å². The van der Waals surface area contributed by atoms with E-state index in [4.69, 9.17) is 9.47 Å². The number of rotatable bonds is 6. The Kier molecular flexibility index (Phi) is 5.18. The third kappa shape index (κ3) is 4.39. The lowest BCUT2D eigenvalue weighted by Crippen LogP contribution is -2.31. The molecule has 1 heterocycles. The van der Waals surface area contributed by atoms with E-state index in [0.717, 1.165) is 18.9 Å². The summed E-state index contributed by atoms with van der Waals surface area (Å²) in [6, 6.07) is 3.63. The first kappa shape index (κ1) is 16.2. The second kappa shape index (κ2) is 6.72. The van der Waals surface area contributed by atoms with E-state index in [0.29, 0.717) is 6.61 Å². The zero-order valence-corrected chi connectivity index (χ0v) is 13.0. The zero-order chi connectivity index (χ0) is 15.5. The van der Waals surface area contributed by atoms with Gasteiger partial charge in [0.2, 0.25) is 10.0 Å². The second-order valence-electron chi connectivity index (χ2n) is 5.25. The van der Waals surface area contributed by atoms with Gasteiger partial charge in [0.05, 0.1) is 17.1 Å². The van der Waals surface area contributed by atoms with E-state index in [-0.39, 0.29) is 29.4 Å². The summed E-state index contributed by atoms with van der Waals surface area (Å²) in [5, 5.41) is 0. The highest BCUT2D eigenvalue weighted by Crippen LogP contribution is 2.22. The molecule has 0 spiro atoms. The minimum Gasteiger partial charge on any atom is -0.488 e. The van der Waals surface area contributed by atoms with Crippen LogP contribution in [0.3, 0.4) is 0 Å². The maximum Gasteiger partial charge on any atom is 0.240 e. The number of hydrogen-bond acceptors (Lipinski definition) is 4. The van der Waals surface area contributed by atoms with E-state index >= 15 is 0 Å². The fourth-order valence-electron chi connectivity index (χ4n) is 2.09. The van der Waals surface area contributed by atoms with E-state index in [1.807, 2.05) is 0 Å². The van der Waals surface area contributed by atoms with Gasteiger partial charge < -0.3 is 9.47 Å². The van der Waals surface area contributed by atoms with Crippen molar-refractivity contribution in [2.24, 2.45) is 0 Å². The SMILES string of the molecule is CC(C)Oc1ccc(S(=O)(=O)NCC2CCCO2)cc1F. The molecule has 0 bridgehead atoms. The van der Waals surface area contributed by atoms with Gasteiger partial charge in [-0.25, -0.2) is 17.5 Å². The minimum absolute atomic E-state index is 0.0445. The Hall–Kier alpha value is -1.18. The summed E-state index contributed by atoms with van der Waals surface area (Å²) < 4.78 is 51.1. The van der Waals surface area contributed by atoms with Crippen molar-refractivity contribution in [3.05, 3.63) is 24.0 Å². The van der Waals surface area contributed by atoms with Gasteiger partial charge in [-0.15, -0.1) is 0 Å². The van der Waals surface area contributed by atoms with Gasteiger partial charge in [0.25, 0.3) is 0 Å². The van der Waals surface area contributed by atoms with Gasteiger partial charge in [-0.3, -0.25) is 0 Å². The quantitative estimate of drug-likeness (QED) is 0.872. The highest BCUT2D eigenvalue weighted by Gasteiger charge is 2.21. The summed E-state index contributed by atoms with van der Waals surface area (Å²) in [4.78, 5) is -0.117. The Bertz CT molecular complexity index is 583.